The highest BCUT2D eigenvalue weighted by Crippen LogP contribution is 2.14. The van der Waals surface area contributed by atoms with Crippen LogP contribution in [0.5, 0.6) is 0 Å². The van der Waals surface area contributed by atoms with Crippen molar-refractivity contribution in [2.24, 2.45) is 0 Å². The molecule has 0 spiro atoms. The van der Waals surface area contributed by atoms with Gasteiger partial charge in [0.2, 0.25) is 5.91 Å². The van der Waals surface area contributed by atoms with E-state index in [2.05, 4.69) is 17.2 Å². The van der Waals surface area contributed by atoms with Gasteiger partial charge in [0.1, 0.15) is 5.82 Å². The van der Waals surface area contributed by atoms with Gasteiger partial charge in [0.25, 0.3) is 0 Å². The molecule has 0 fully saturated rings. The van der Waals surface area contributed by atoms with Gasteiger partial charge in [-0.05, 0) is 37.6 Å². The van der Waals surface area contributed by atoms with Gasteiger partial charge >= 0.3 is 0 Å². The first-order chi connectivity index (χ1) is 10.2. The molecular weight excluding hydrogens is 269 g/mol. The number of anilines is 1. The monoisotopic (exact) mass is 287 g/mol. The summed E-state index contributed by atoms with van der Waals surface area (Å²) in [5.41, 5.74) is 0.551. The Morgan fingerprint density at radius 1 is 1.48 bits per heavy atom. The standard InChI is InChI=1S/C17H18FNO2/c1-2-3-4-5-6-7-8-9-17(21)19-15-11-10-14(13-20)16(18)12-15/h2-3,8-12,20H,6-7,13H2,1H3,(H,19,21)/b3-2+,9-8+. The average molecular weight is 287 g/mol. The summed E-state index contributed by atoms with van der Waals surface area (Å²) in [4.78, 5) is 11.6. The van der Waals surface area contributed by atoms with Gasteiger partial charge in [0, 0.05) is 17.7 Å². The van der Waals surface area contributed by atoms with E-state index < -0.39 is 5.82 Å². The minimum atomic E-state index is -0.543. The van der Waals surface area contributed by atoms with Crippen molar-refractivity contribution >= 4 is 11.6 Å². The Morgan fingerprint density at radius 2 is 2.29 bits per heavy atom. The molecule has 0 aliphatic carbocycles. The van der Waals surface area contributed by atoms with Crippen LogP contribution in [0, 0.1) is 17.7 Å². The predicted molar refractivity (Wildman–Crippen MR) is 81.9 cm³/mol. The van der Waals surface area contributed by atoms with E-state index >= 15 is 0 Å². The zero-order chi connectivity index (χ0) is 15.5. The summed E-state index contributed by atoms with van der Waals surface area (Å²) in [7, 11) is 0. The highest BCUT2D eigenvalue weighted by molar-refractivity contribution is 5.99. The molecule has 0 atom stereocenters. The summed E-state index contributed by atoms with van der Waals surface area (Å²) in [6.45, 7) is 1.53. The van der Waals surface area contributed by atoms with Crippen molar-refractivity contribution in [1.82, 2.24) is 0 Å². The van der Waals surface area contributed by atoms with Crippen LogP contribution < -0.4 is 5.32 Å². The van der Waals surface area contributed by atoms with Crippen LogP contribution in [0.15, 0.2) is 42.5 Å². The third kappa shape index (κ3) is 6.55. The molecule has 0 aromatic heterocycles. The third-order valence-corrected chi connectivity index (χ3v) is 2.55. The molecule has 4 heteroatoms. The summed E-state index contributed by atoms with van der Waals surface area (Å²) >= 11 is 0. The Labute approximate surface area is 124 Å². The molecule has 3 nitrogen and oxygen atoms in total. The number of benzene rings is 1. The Morgan fingerprint density at radius 3 is 2.95 bits per heavy atom. The summed E-state index contributed by atoms with van der Waals surface area (Å²) in [5.74, 6) is 4.92. The van der Waals surface area contributed by atoms with Gasteiger partial charge in [-0.25, -0.2) is 4.39 Å². The first-order valence-corrected chi connectivity index (χ1v) is 6.63. The normalized spacial score (nSPS) is 10.6. The van der Waals surface area contributed by atoms with Crippen molar-refractivity contribution in [3.63, 3.8) is 0 Å². The lowest BCUT2D eigenvalue weighted by atomic mass is 10.2. The molecule has 0 saturated carbocycles. The van der Waals surface area contributed by atoms with E-state index in [1.807, 2.05) is 13.0 Å². The van der Waals surface area contributed by atoms with E-state index in [9.17, 15) is 9.18 Å². The molecule has 2 N–H and O–H groups in total. The molecule has 21 heavy (non-hydrogen) atoms. The van der Waals surface area contributed by atoms with Crippen LogP contribution >= 0.6 is 0 Å². The van der Waals surface area contributed by atoms with Crippen LogP contribution in [-0.2, 0) is 11.4 Å². The molecule has 1 amide bonds. The first-order valence-electron chi connectivity index (χ1n) is 6.63. The summed E-state index contributed by atoms with van der Waals surface area (Å²) in [5, 5.41) is 11.4. The number of rotatable bonds is 5. The maximum Gasteiger partial charge on any atom is 0.248 e. The number of aliphatic hydroxyl groups is 1. The van der Waals surface area contributed by atoms with E-state index in [0.717, 1.165) is 0 Å². The number of unbranched alkanes of at least 4 members (excludes halogenated alkanes) is 1. The Kier molecular flexibility index (Phi) is 7.55. The number of nitrogens with one attached hydrogen (secondary N) is 1. The van der Waals surface area contributed by atoms with E-state index in [0.29, 0.717) is 18.5 Å². The molecule has 0 heterocycles. The fourth-order valence-corrected chi connectivity index (χ4v) is 1.50. The number of hydrogen-bond acceptors (Lipinski definition) is 2. The fraction of sp³-hybridized carbons (Fsp3) is 0.235. The van der Waals surface area contributed by atoms with Crippen molar-refractivity contribution < 1.29 is 14.3 Å². The lowest BCUT2D eigenvalue weighted by Gasteiger charge is -2.04. The molecule has 1 aromatic carbocycles. The molecule has 0 aliphatic rings. The minimum absolute atomic E-state index is 0.197. The topological polar surface area (TPSA) is 49.3 Å². The van der Waals surface area contributed by atoms with Gasteiger partial charge in [-0.15, -0.1) is 0 Å². The van der Waals surface area contributed by atoms with Crippen LogP contribution in [0.3, 0.4) is 0 Å². The maximum atomic E-state index is 13.4. The number of halogens is 1. The van der Waals surface area contributed by atoms with Crippen molar-refractivity contribution in [3.8, 4) is 11.8 Å². The smallest absolute Gasteiger partial charge is 0.248 e. The van der Waals surface area contributed by atoms with Gasteiger partial charge in [-0.2, -0.15) is 0 Å². The predicted octanol–water partition coefficient (Wildman–Crippen LogP) is 3.17. The highest BCUT2D eigenvalue weighted by atomic mass is 19.1. The van der Waals surface area contributed by atoms with Crippen LogP contribution in [0.2, 0.25) is 0 Å². The second-order valence-corrected chi connectivity index (χ2v) is 4.22. The Balaban J connectivity index is 2.43. The minimum Gasteiger partial charge on any atom is -0.392 e. The quantitative estimate of drug-likeness (QED) is 0.496. The third-order valence-electron chi connectivity index (χ3n) is 2.55. The molecule has 0 aliphatic heterocycles. The van der Waals surface area contributed by atoms with Crippen molar-refractivity contribution in [1.29, 1.82) is 0 Å². The summed E-state index contributed by atoms with van der Waals surface area (Å²) in [6, 6.07) is 4.16. The molecule has 0 unspecified atom stereocenters. The fourth-order valence-electron chi connectivity index (χ4n) is 1.50. The Hall–Kier alpha value is -2.38. The SMILES string of the molecule is C/C=C/C#CCC/C=C/C(=O)Nc1ccc(CO)c(F)c1. The zero-order valence-electron chi connectivity index (χ0n) is 11.9. The highest BCUT2D eigenvalue weighted by Gasteiger charge is 2.03. The molecule has 0 radical (unpaired) electrons. The zero-order valence-corrected chi connectivity index (χ0v) is 11.9. The average Bonchev–Trinajstić information content (AvgIpc) is 2.46. The number of carbonyl (C=O) groups excluding carboxylic acids is 1. The largest absolute Gasteiger partial charge is 0.392 e. The van der Waals surface area contributed by atoms with Crippen LogP contribution in [0.4, 0.5) is 10.1 Å². The number of amides is 1. The number of carbonyl (C=O) groups is 1. The summed E-state index contributed by atoms with van der Waals surface area (Å²) < 4.78 is 13.4. The lowest BCUT2D eigenvalue weighted by Crippen LogP contribution is -2.08. The molecule has 110 valence electrons. The maximum absolute atomic E-state index is 13.4. The van der Waals surface area contributed by atoms with Crippen molar-refractivity contribution in [2.75, 3.05) is 5.32 Å². The van der Waals surface area contributed by atoms with Crippen LogP contribution in [0.25, 0.3) is 0 Å². The number of hydrogen-bond donors (Lipinski definition) is 2. The number of aliphatic hydroxyl groups excluding tert-OH is 1. The van der Waals surface area contributed by atoms with Crippen LogP contribution in [0.1, 0.15) is 25.3 Å². The molecule has 1 aromatic rings. The second kappa shape index (κ2) is 9.51. The van der Waals surface area contributed by atoms with Gasteiger partial charge in [0.15, 0.2) is 0 Å². The van der Waals surface area contributed by atoms with E-state index in [4.69, 9.17) is 5.11 Å². The van der Waals surface area contributed by atoms with Crippen LogP contribution in [-0.4, -0.2) is 11.0 Å². The molecule has 0 bridgehead atoms. The molecule has 1 rings (SSSR count). The van der Waals surface area contributed by atoms with E-state index in [-0.39, 0.29) is 18.1 Å². The molecular formula is C17H18FNO2. The van der Waals surface area contributed by atoms with E-state index in [1.165, 1.54) is 18.2 Å². The Bertz CT molecular complexity index is 595. The summed E-state index contributed by atoms with van der Waals surface area (Å²) in [6.07, 6.45) is 8.09. The van der Waals surface area contributed by atoms with E-state index in [1.54, 1.807) is 18.2 Å². The van der Waals surface area contributed by atoms with Gasteiger partial charge in [-0.1, -0.05) is 30.1 Å². The molecule has 0 saturated heterocycles. The second-order valence-electron chi connectivity index (χ2n) is 4.22. The van der Waals surface area contributed by atoms with Crippen molar-refractivity contribution in [2.45, 2.75) is 26.4 Å². The first kappa shape index (κ1) is 16.7. The lowest BCUT2D eigenvalue weighted by molar-refractivity contribution is -0.111. The van der Waals surface area contributed by atoms with Gasteiger partial charge < -0.3 is 10.4 Å². The van der Waals surface area contributed by atoms with Gasteiger partial charge in [-0.3, -0.25) is 4.79 Å². The van der Waals surface area contributed by atoms with Gasteiger partial charge in [0.05, 0.1) is 6.61 Å². The number of allylic oxidation sites excluding steroid dienone is 3. The van der Waals surface area contributed by atoms with Crippen molar-refractivity contribution in [3.05, 3.63) is 53.9 Å².